The lowest BCUT2D eigenvalue weighted by atomic mass is 10.2. The Kier molecular flexibility index (Phi) is 4.36. The predicted molar refractivity (Wildman–Crippen MR) is 64.5 cm³/mol. The lowest BCUT2D eigenvalue weighted by Crippen LogP contribution is -2.35. The Labute approximate surface area is 98.3 Å². The van der Waals surface area contributed by atoms with Crippen LogP contribution in [0.1, 0.15) is 6.42 Å². The molecule has 1 rings (SSSR count). The van der Waals surface area contributed by atoms with Crippen LogP contribution in [0.3, 0.4) is 0 Å². The number of nitrogens with zero attached hydrogens (tertiary/aromatic N) is 1. The minimum atomic E-state index is -0.664. The van der Waals surface area contributed by atoms with Gasteiger partial charge in [-0.3, -0.25) is 14.9 Å². The number of benzene rings is 1. The number of non-ortho nitro benzene ring substituents is 1. The van der Waals surface area contributed by atoms with Gasteiger partial charge in [-0.05, 0) is 18.6 Å². The minimum absolute atomic E-state index is 0.0293. The first-order valence-electron chi connectivity index (χ1n) is 4.96. The zero-order valence-electron chi connectivity index (χ0n) is 9.13. The molecule has 0 radical (unpaired) electrons. The van der Waals surface area contributed by atoms with Crippen molar-refractivity contribution >= 4 is 17.3 Å². The van der Waals surface area contributed by atoms with Gasteiger partial charge in [-0.1, -0.05) is 6.08 Å². The Morgan fingerprint density at radius 3 is 2.59 bits per heavy atom. The number of rotatable bonds is 5. The first-order valence-corrected chi connectivity index (χ1v) is 4.96. The Hall–Kier alpha value is -2.21. The van der Waals surface area contributed by atoms with Crippen molar-refractivity contribution in [2.45, 2.75) is 12.5 Å². The summed E-state index contributed by atoms with van der Waals surface area (Å²) in [5.41, 5.74) is 6.01. The Morgan fingerprint density at radius 1 is 1.53 bits per heavy atom. The summed E-state index contributed by atoms with van der Waals surface area (Å²) >= 11 is 0. The number of nitrogens with two attached hydrogens (primary N) is 1. The fourth-order valence-corrected chi connectivity index (χ4v) is 1.19. The molecule has 0 saturated heterocycles. The molecule has 6 heteroatoms. The summed E-state index contributed by atoms with van der Waals surface area (Å²) in [4.78, 5) is 21.4. The standard InChI is InChI=1S/C11H13N3O3/c1-2-3-10(12)11(15)13-8-4-6-9(7-5-8)14(16)17/h2,4-7,10H,1,3,12H2,(H,13,15). The third-order valence-corrected chi connectivity index (χ3v) is 2.10. The molecule has 0 heterocycles. The Bertz CT molecular complexity index is 428. The molecule has 90 valence electrons. The van der Waals surface area contributed by atoms with Crippen molar-refractivity contribution in [2.24, 2.45) is 5.73 Å². The van der Waals surface area contributed by atoms with Gasteiger partial charge < -0.3 is 11.1 Å². The first-order chi connectivity index (χ1) is 8.04. The maximum absolute atomic E-state index is 11.5. The number of nitro benzene ring substituents is 1. The molecule has 0 aliphatic rings. The number of anilines is 1. The van der Waals surface area contributed by atoms with Crippen molar-refractivity contribution in [1.29, 1.82) is 0 Å². The van der Waals surface area contributed by atoms with Crippen molar-refractivity contribution in [3.8, 4) is 0 Å². The molecule has 0 spiro atoms. The van der Waals surface area contributed by atoms with Gasteiger partial charge in [0.15, 0.2) is 0 Å². The number of nitro groups is 1. The molecule has 1 aromatic rings. The maximum atomic E-state index is 11.5. The van der Waals surface area contributed by atoms with Crippen LogP contribution in [0.25, 0.3) is 0 Å². The summed E-state index contributed by atoms with van der Waals surface area (Å²) in [6.45, 7) is 3.49. The molecule has 3 N–H and O–H groups in total. The van der Waals surface area contributed by atoms with Crippen LogP contribution in [0.5, 0.6) is 0 Å². The zero-order chi connectivity index (χ0) is 12.8. The van der Waals surface area contributed by atoms with Crippen LogP contribution in [0.4, 0.5) is 11.4 Å². The van der Waals surface area contributed by atoms with E-state index in [0.717, 1.165) is 0 Å². The van der Waals surface area contributed by atoms with Gasteiger partial charge in [0, 0.05) is 17.8 Å². The van der Waals surface area contributed by atoms with E-state index in [-0.39, 0.29) is 11.6 Å². The molecule has 0 aliphatic heterocycles. The molecule has 0 bridgehead atoms. The summed E-state index contributed by atoms with van der Waals surface area (Å²) in [6.07, 6.45) is 1.93. The number of hydrogen-bond donors (Lipinski definition) is 2. The highest BCUT2D eigenvalue weighted by atomic mass is 16.6. The van der Waals surface area contributed by atoms with Crippen LogP contribution in [-0.2, 0) is 4.79 Å². The predicted octanol–water partition coefficient (Wildman–Crippen LogP) is 1.44. The average molecular weight is 235 g/mol. The van der Waals surface area contributed by atoms with Gasteiger partial charge in [-0.2, -0.15) is 0 Å². The minimum Gasteiger partial charge on any atom is -0.325 e. The molecular weight excluding hydrogens is 222 g/mol. The number of amides is 1. The second kappa shape index (κ2) is 5.76. The molecule has 0 saturated carbocycles. The highest BCUT2D eigenvalue weighted by Gasteiger charge is 2.12. The second-order valence-corrected chi connectivity index (χ2v) is 3.42. The van der Waals surface area contributed by atoms with Gasteiger partial charge in [-0.25, -0.2) is 0 Å². The van der Waals surface area contributed by atoms with Crippen molar-refractivity contribution in [3.63, 3.8) is 0 Å². The van der Waals surface area contributed by atoms with Gasteiger partial charge in [0.25, 0.3) is 5.69 Å². The highest BCUT2D eigenvalue weighted by molar-refractivity contribution is 5.94. The molecule has 0 aromatic heterocycles. The van der Waals surface area contributed by atoms with E-state index in [1.54, 1.807) is 6.08 Å². The number of carbonyl (C=O) groups is 1. The van der Waals surface area contributed by atoms with E-state index in [4.69, 9.17) is 5.73 Å². The second-order valence-electron chi connectivity index (χ2n) is 3.42. The van der Waals surface area contributed by atoms with Crippen molar-refractivity contribution in [2.75, 3.05) is 5.32 Å². The third-order valence-electron chi connectivity index (χ3n) is 2.10. The number of carbonyl (C=O) groups excluding carboxylic acids is 1. The Morgan fingerprint density at radius 2 is 2.12 bits per heavy atom. The molecular formula is C11H13N3O3. The molecule has 1 amide bonds. The third kappa shape index (κ3) is 3.69. The van der Waals surface area contributed by atoms with Crippen molar-refractivity contribution in [1.82, 2.24) is 0 Å². The summed E-state index contributed by atoms with van der Waals surface area (Å²) < 4.78 is 0. The van der Waals surface area contributed by atoms with Gasteiger partial charge in [0.05, 0.1) is 11.0 Å². The first kappa shape index (κ1) is 12.9. The molecule has 1 aromatic carbocycles. The fraction of sp³-hybridized carbons (Fsp3) is 0.182. The SMILES string of the molecule is C=CCC(N)C(=O)Nc1ccc([N+](=O)[O-])cc1. The van der Waals surface area contributed by atoms with Gasteiger partial charge >= 0.3 is 0 Å². The zero-order valence-corrected chi connectivity index (χ0v) is 9.13. The summed E-state index contributed by atoms with van der Waals surface area (Å²) in [7, 11) is 0. The van der Waals surface area contributed by atoms with Crippen LogP contribution in [0.15, 0.2) is 36.9 Å². The van der Waals surface area contributed by atoms with E-state index in [1.165, 1.54) is 24.3 Å². The van der Waals surface area contributed by atoms with Crippen molar-refractivity contribution < 1.29 is 9.72 Å². The van der Waals surface area contributed by atoms with E-state index < -0.39 is 11.0 Å². The molecule has 1 atom stereocenters. The quantitative estimate of drug-likeness (QED) is 0.458. The summed E-state index contributed by atoms with van der Waals surface area (Å²) in [5.74, 6) is -0.348. The normalized spacial score (nSPS) is 11.6. The van der Waals surface area contributed by atoms with E-state index in [1.807, 2.05) is 0 Å². The smallest absolute Gasteiger partial charge is 0.269 e. The number of nitrogens with one attached hydrogen (secondary N) is 1. The van der Waals surface area contributed by atoms with Crippen LogP contribution >= 0.6 is 0 Å². The van der Waals surface area contributed by atoms with Gasteiger partial charge in [0.2, 0.25) is 5.91 Å². The van der Waals surface area contributed by atoms with Crippen LogP contribution in [0, 0.1) is 10.1 Å². The summed E-state index contributed by atoms with van der Waals surface area (Å²) in [6, 6.07) is 4.87. The fourth-order valence-electron chi connectivity index (χ4n) is 1.19. The van der Waals surface area contributed by atoms with Crippen LogP contribution in [-0.4, -0.2) is 16.9 Å². The van der Waals surface area contributed by atoms with Crippen molar-refractivity contribution in [3.05, 3.63) is 47.0 Å². The molecule has 17 heavy (non-hydrogen) atoms. The van der Waals surface area contributed by atoms with E-state index >= 15 is 0 Å². The monoisotopic (exact) mass is 235 g/mol. The lowest BCUT2D eigenvalue weighted by Gasteiger charge is -2.09. The molecule has 0 aliphatic carbocycles. The van der Waals surface area contributed by atoms with E-state index in [2.05, 4.69) is 11.9 Å². The highest BCUT2D eigenvalue weighted by Crippen LogP contribution is 2.15. The van der Waals surface area contributed by atoms with Gasteiger partial charge in [-0.15, -0.1) is 6.58 Å². The van der Waals surface area contributed by atoms with Crippen LogP contribution in [0.2, 0.25) is 0 Å². The molecule has 6 nitrogen and oxygen atoms in total. The average Bonchev–Trinajstić information content (AvgIpc) is 2.30. The number of hydrogen-bond acceptors (Lipinski definition) is 4. The topological polar surface area (TPSA) is 98.3 Å². The molecule has 0 fully saturated rings. The summed E-state index contributed by atoms with van der Waals surface area (Å²) in [5, 5.41) is 13.0. The lowest BCUT2D eigenvalue weighted by molar-refractivity contribution is -0.384. The van der Waals surface area contributed by atoms with E-state index in [0.29, 0.717) is 12.1 Å². The maximum Gasteiger partial charge on any atom is 0.269 e. The van der Waals surface area contributed by atoms with Crippen LogP contribution < -0.4 is 11.1 Å². The van der Waals surface area contributed by atoms with Gasteiger partial charge in [0.1, 0.15) is 0 Å². The Balaban J connectivity index is 2.66. The molecule has 1 unspecified atom stereocenters. The largest absolute Gasteiger partial charge is 0.325 e. The van der Waals surface area contributed by atoms with E-state index in [9.17, 15) is 14.9 Å².